The molecule has 0 saturated heterocycles. The minimum atomic E-state index is -3.59. The molecule has 5 nitrogen and oxygen atoms in total. The zero-order valence-electron chi connectivity index (χ0n) is 16.5. The summed E-state index contributed by atoms with van der Waals surface area (Å²) in [4.78, 5) is 12.3. The second-order valence-electron chi connectivity index (χ2n) is 6.66. The van der Waals surface area contributed by atoms with Crippen molar-refractivity contribution in [2.45, 2.75) is 19.6 Å². The number of benzene rings is 2. The van der Waals surface area contributed by atoms with Crippen LogP contribution in [-0.4, -0.2) is 39.4 Å². The minimum Gasteiger partial charge on any atom is -0.354 e. The van der Waals surface area contributed by atoms with Crippen molar-refractivity contribution >= 4 is 56.6 Å². The van der Waals surface area contributed by atoms with E-state index >= 15 is 0 Å². The maximum absolute atomic E-state index is 12.3. The van der Waals surface area contributed by atoms with Crippen molar-refractivity contribution in [1.82, 2.24) is 5.32 Å². The van der Waals surface area contributed by atoms with Crippen molar-refractivity contribution in [2.75, 3.05) is 29.4 Å². The van der Waals surface area contributed by atoms with E-state index < -0.39 is 10.0 Å². The fraction of sp³-hybridized carbons (Fsp3) is 0.350. The van der Waals surface area contributed by atoms with Gasteiger partial charge in [-0.3, -0.25) is 9.10 Å². The molecule has 2 rings (SSSR count). The summed E-state index contributed by atoms with van der Waals surface area (Å²) in [5.74, 6) is 0.925. The van der Waals surface area contributed by atoms with Crippen molar-refractivity contribution in [2.24, 2.45) is 0 Å². The number of carbonyl (C=O) groups is 1. The first kappa shape index (κ1) is 23.9. The highest BCUT2D eigenvalue weighted by Crippen LogP contribution is 2.28. The SMILES string of the molecule is Cc1ccc(N(CC(=O)NCCSCc2c(Cl)cccc2Cl)S(C)(=O)=O)c(C)c1. The lowest BCUT2D eigenvalue weighted by Gasteiger charge is -2.24. The number of hydrogen-bond acceptors (Lipinski definition) is 4. The molecule has 158 valence electrons. The Labute approximate surface area is 186 Å². The number of amides is 1. The van der Waals surface area contributed by atoms with Crippen LogP contribution in [0.25, 0.3) is 0 Å². The van der Waals surface area contributed by atoms with Crippen molar-refractivity contribution in [1.29, 1.82) is 0 Å². The van der Waals surface area contributed by atoms with Crippen LogP contribution in [0.3, 0.4) is 0 Å². The summed E-state index contributed by atoms with van der Waals surface area (Å²) in [6, 6.07) is 10.8. The molecule has 0 bridgehead atoms. The summed E-state index contributed by atoms with van der Waals surface area (Å²) in [6.07, 6.45) is 1.10. The molecule has 29 heavy (non-hydrogen) atoms. The third kappa shape index (κ3) is 7.10. The number of aryl methyl sites for hydroxylation is 2. The van der Waals surface area contributed by atoms with Crippen molar-refractivity contribution in [3.8, 4) is 0 Å². The number of thioether (sulfide) groups is 1. The Morgan fingerprint density at radius 2 is 1.79 bits per heavy atom. The topological polar surface area (TPSA) is 66.5 Å². The van der Waals surface area contributed by atoms with Crippen LogP contribution in [0, 0.1) is 13.8 Å². The number of nitrogens with one attached hydrogen (secondary N) is 1. The van der Waals surface area contributed by atoms with Gasteiger partial charge in [0.15, 0.2) is 0 Å². The molecule has 0 aliphatic heterocycles. The van der Waals surface area contributed by atoms with Crippen LogP contribution in [0.5, 0.6) is 0 Å². The summed E-state index contributed by atoms with van der Waals surface area (Å²) in [5, 5.41) is 4.00. The van der Waals surface area contributed by atoms with Crippen molar-refractivity contribution < 1.29 is 13.2 Å². The smallest absolute Gasteiger partial charge is 0.240 e. The first-order valence-corrected chi connectivity index (χ1v) is 12.7. The quantitative estimate of drug-likeness (QED) is 0.545. The summed E-state index contributed by atoms with van der Waals surface area (Å²) in [6.45, 7) is 3.91. The lowest BCUT2D eigenvalue weighted by molar-refractivity contribution is -0.119. The first-order chi connectivity index (χ1) is 13.6. The van der Waals surface area contributed by atoms with E-state index in [0.717, 1.165) is 27.3 Å². The molecular formula is C20H24Cl2N2O3S2. The van der Waals surface area contributed by atoms with Gasteiger partial charge in [-0.25, -0.2) is 8.42 Å². The predicted molar refractivity (Wildman–Crippen MR) is 124 cm³/mol. The van der Waals surface area contributed by atoms with Gasteiger partial charge in [0.2, 0.25) is 15.9 Å². The highest BCUT2D eigenvalue weighted by atomic mass is 35.5. The van der Waals surface area contributed by atoms with Crippen molar-refractivity contribution in [3.05, 3.63) is 63.1 Å². The lowest BCUT2D eigenvalue weighted by atomic mass is 10.1. The molecule has 0 aromatic heterocycles. The van der Waals surface area contributed by atoms with Gasteiger partial charge < -0.3 is 5.32 Å². The number of rotatable bonds is 9. The van der Waals surface area contributed by atoms with Crippen LogP contribution in [0.2, 0.25) is 10.0 Å². The standard InChI is InChI=1S/C20H24Cl2N2O3S2/c1-14-7-8-19(15(2)11-14)24(29(3,26)27)12-20(25)23-9-10-28-13-16-17(21)5-4-6-18(16)22/h4-8,11H,9-10,12-13H2,1-3H3,(H,23,25). The molecule has 1 N–H and O–H groups in total. The number of anilines is 1. The number of carbonyl (C=O) groups excluding carboxylic acids is 1. The van der Waals surface area contributed by atoms with Crippen LogP contribution in [0.1, 0.15) is 16.7 Å². The summed E-state index contributed by atoms with van der Waals surface area (Å²) < 4.78 is 25.6. The van der Waals surface area contributed by atoms with E-state index in [-0.39, 0.29) is 12.5 Å². The van der Waals surface area contributed by atoms with E-state index in [1.54, 1.807) is 36.0 Å². The van der Waals surface area contributed by atoms with Gasteiger partial charge in [-0.15, -0.1) is 0 Å². The number of halogens is 2. The minimum absolute atomic E-state index is 0.260. The normalized spacial score (nSPS) is 11.3. The molecule has 0 unspecified atom stereocenters. The van der Waals surface area contributed by atoms with Crippen molar-refractivity contribution in [3.63, 3.8) is 0 Å². The first-order valence-electron chi connectivity index (χ1n) is 8.92. The molecule has 0 saturated carbocycles. The van der Waals surface area contributed by atoms with Crippen LogP contribution in [0.15, 0.2) is 36.4 Å². The average Bonchev–Trinajstić information content (AvgIpc) is 2.61. The third-order valence-corrected chi connectivity index (χ3v) is 7.01. The summed E-state index contributed by atoms with van der Waals surface area (Å²) in [7, 11) is -3.59. The van der Waals surface area contributed by atoms with E-state index in [4.69, 9.17) is 23.2 Å². The average molecular weight is 475 g/mol. The third-order valence-electron chi connectivity index (χ3n) is 4.19. The Bertz CT molecular complexity index is 961. The second-order valence-corrected chi connectivity index (χ2v) is 10.5. The Morgan fingerprint density at radius 3 is 2.38 bits per heavy atom. The van der Waals surface area contributed by atoms with E-state index in [1.807, 2.05) is 26.0 Å². The molecule has 9 heteroatoms. The highest BCUT2D eigenvalue weighted by molar-refractivity contribution is 7.98. The highest BCUT2D eigenvalue weighted by Gasteiger charge is 2.22. The van der Waals surface area contributed by atoms with Gasteiger partial charge in [0.05, 0.1) is 11.9 Å². The molecule has 0 spiro atoms. The molecule has 2 aromatic rings. The molecule has 0 fully saturated rings. The van der Waals surface area contributed by atoms with Crippen LogP contribution < -0.4 is 9.62 Å². The number of sulfonamides is 1. The Kier molecular flexibility index (Phi) is 8.70. The fourth-order valence-electron chi connectivity index (χ4n) is 2.76. The second kappa shape index (κ2) is 10.6. The maximum Gasteiger partial charge on any atom is 0.240 e. The zero-order valence-corrected chi connectivity index (χ0v) is 19.7. The number of hydrogen-bond donors (Lipinski definition) is 1. The van der Waals surface area contributed by atoms with Gasteiger partial charge in [0.25, 0.3) is 0 Å². The molecule has 0 atom stereocenters. The summed E-state index contributed by atoms with van der Waals surface area (Å²) >= 11 is 13.9. The fourth-order valence-corrected chi connectivity index (χ4v) is 5.27. The van der Waals surface area contributed by atoms with E-state index in [2.05, 4.69) is 5.32 Å². The van der Waals surface area contributed by atoms with Gasteiger partial charge in [-0.05, 0) is 43.2 Å². The molecular weight excluding hydrogens is 451 g/mol. The van der Waals surface area contributed by atoms with E-state index in [1.165, 1.54) is 0 Å². The zero-order chi connectivity index (χ0) is 21.6. The van der Waals surface area contributed by atoms with E-state index in [9.17, 15) is 13.2 Å². The van der Waals surface area contributed by atoms with Gasteiger partial charge in [0.1, 0.15) is 6.54 Å². The maximum atomic E-state index is 12.3. The van der Waals surface area contributed by atoms with Gasteiger partial charge in [-0.1, -0.05) is 47.0 Å². The van der Waals surface area contributed by atoms with Gasteiger partial charge in [-0.2, -0.15) is 11.8 Å². The Hall–Kier alpha value is -1.41. The van der Waals surface area contributed by atoms with Crippen LogP contribution in [-0.2, 0) is 20.6 Å². The lowest BCUT2D eigenvalue weighted by Crippen LogP contribution is -2.41. The van der Waals surface area contributed by atoms with Crippen LogP contribution >= 0.6 is 35.0 Å². The van der Waals surface area contributed by atoms with Gasteiger partial charge in [0, 0.05) is 28.1 Å². The molecule has 0 radical (unpaired) electrons. The number of nitrogens with zero attached hydrogens (tertiary/aromatic N) is 1. The Balaban J connectivity index is 1.89. The monoisotopic (exact) mass is 474 g/mol. The summed E-state index contributed by atoms with van der Waals surface area (Å²) in [5.41, 5.74) is 3.21. The van der Waals surface area contributed by atoms with Gasteiger partial charge >= 0.3 is 0 Å². The molecule has 0 aliphatic rings. The largest absolute Gasteiger partial charge is 0.354 e. The Morgan fingerprint density at radius 1 is 1.14 bits per heavy atom. The predicted octanol–water partition coefficient (Wildman–Crippen LogP) is 4.43. The van der Waals surface area contributed by atoms with Crippen LogP contribution in [0.4, 0.5) is 5.69 Å². The molecule has 0 heterocycles. The van der Waals surface area contributed by atoms with E-state index in [0.29, 0.717) is 33.8 Å². The molecule has 2 aromatic carbocycles. The molecule has 1 amide bonds. The molecule has 0 aliphatic carbocycles.